The van der Waals surface area contributed by atoms with Crippen molar-refractivity contribution in [2.24, 2.45) is 0 Å². The minimum Gasteiger partial charge on any atom is -0.497 e. The van der Waals surface area contributed by atoms with Crippen LogP contribution in [0.3, 0.4) is 0 Å². The fourth-order valence-electron chi connectivity index (χ4n) is 2.96. The summed E-state index contributed by atoms with van der Waals surface area (Å²) in [6.07, 6.45) is 5.03. The molecule has 0 unspecified atom stereocenters. The van der Waals surface area contributed by atoms with Crippen LogP contribution in [0.25, 0.3) is 10.9 Å². The van der Waals surface area contributed by atoms with Gasteiger partial charge in [0.05, 0.1) is 13.7 Å². The molecule has 0 saturated carbocycles. The van der Waals surface area contributed by atoms with Gasteiger partial charge < -0.3 is 14.6 Å². The highest BCUT2D eigenvalue weighted by molar-refractivity contribution is 5.94. The fraction of sp³-hybridized carbons (Fsp3) is 0.286. The first-order chi connectivity index (χ1) is 13.1. The van der Waals surface area contributed by atoms with E-state index in [1.807, 2.05) is 18.2 Å². The highest BCUT2D eigenvalue weighted by Crippen LogP contribution is 2.19. The summed E-state index contributed by atoms with van der Waals surface area (Å²) in [6, 6.07) is 10.7. The summed E-state index contributed by atoms with van der Waals surface area (Å²) in [7, 11) is 1.60. The normalized spacial score (nSPS) is 10.7. The average Bonchev–Trinajstić information content (AvgIpc) is 2.71. The van der Waals surface area contributed by atoms with Gasteiger partial charge in [-0.05, 0) is 42.8 Å². The van der Waals surface area contributed by atoms with E-state index in [0.29, 0.717) is 17.7 Å². The Bertz CT molecular complexity index is 983. The number of hydrogen-bond donors (Lipinski definition) is 1. The van der Waals surface area contributed by atoms with Crippen LogP contribution < -0.4 is 10.3 Å². The first-order valence-corrected chi connectivity index (χ1v) is 9.01. The zero-order chi connectivity index (χ0) is 19.2. The third kappa shape index (κ3) is 4.34. The van der Waals surface area contributed by atoms with E-state index in [4.69, 9.17) is 4.74 Å². The van der Waals surface area contributed by atoms with Gasteiger partial charge in [0, 0.05) is 41.0 Å². The molecule has 0 radical (unpaired) electrons. The van der Waals surface area contributed by atoms with Crippen molar-refractivity contribution < 1.29 is 9.53 Å². The van der Waals surface area contributed by atoms with Crippen molar-refractivity contribution in [1.82, 2.24) is 14.9 Å². The third-order valence-corrected chi connectivity index (χ3v) is 4.49. The molecular weight excluding hydrogens is 342 g/mol. The Hall–Kier alpha value is -3.15. The van der Waals surface area contributed by atoms with Gasteiger partial charge in [-0.3, -0.25) is 14.6 Å². The maximum Gasteiger partial charge on any atom is 0.254 e. The van der Waals surface area contributed by atoms with Gasteiger partial charge in [0.1, 0.15) is 5.75 Å². The smallest absolute Gasteiger partial charge is 0.254 e. The van der Waals surface area contributed by atoms with Crippen molar-refractivity contribution in [2.45, 2.75) is 26.3 Å². The van der Waals surface area contributed by atoms with Gasteiger partial charge in [0.2, 0.25) is 0 Å². The highest BCUT2D eigenvalue weighted by atomic mass is 16.5. The molecule has 1 N–H and O–H groups in total. The molecule has 6 nitrogen and oxygen atoms in total. The number of pyridine rings is 2. The van der Waals surface area contributed by atoms with E-state index in [0.717, 1.165) is 29.5 Å². The standard InChI is InChI=1S/C21H23N3O3/c1-3-4-11-24(21(26)15-7-9-22-10-8-15)14-17-12-16-13-18(27-2)5-6-19(16)23-20(17)25/h5-10,12-13H,3-4,11,14H2,1-2H3,(H,23,25). The molecule has 2 heterocycles. The summed E-state index contributed by atoms with van der Waals surface area (Å²) >= 11 is 0. The molecule has 3 rings (SSSR count). The predicted molar refractivity (Wildman–Crippen MR) is 105 cm³/mol. The number of fused-ring (bicyclic) bond motifs is 1. The summed E-state index contributed by atoms with van der Waals surface area (Å²) in [5.41, 5.74) is 1.68. The molecule has 0 spiro atoms. The lowest BCUT2D eigenvalue weighted by Gasteiger charge is -2.22. The number of methoxy groups -OCH3 is 1. The number of nitrogens with one attached hydrogen (secondary N) is 1. The summed E-state index contributed by atoms with van der Waals surface area (Å²) in [6.45, 7) is 2.92. The zero-order valence-corrected chi connectivity index (χ0v) is 15.6. The minimum absolute atomic E-state index is 0.101. The van der Waals surface area contributed by atoms with Crippen molar-refractivity contribution in [2.75, 3.05) is 13.7 Å². The first-order valence-electron chi connectivity index (χ1n) is 9.01. The van der Waals surface area contributed by atoms with E-state index in [2.05, 4.69) is 16.9 Å². The Labute approximate surface area is 157 Å². The number of carbonyl (C=O) groups excluding carboxylic acids is 1. The van der Waals surface area contributed by atoms with E-state index in [1.165, 1.54) is 0 Å². The summed E-state index contributed by atoms with van der Waals surface area (Å²) < 4.78 is 5.26. The molecule has 1 aromatic carbocycles. The van der Waals surface area contributed by atoms with Crippen LogP contribution in [0.5, 0.6) is 5.75 Å². The molecule has 0 fully saturated rings. The van der Waals surface area contributed by atoms with Crippen molar-refractivity contribution in [1.29, 1.82) is 0 Å². The molecule has 0 aliphatic carbocycles. The predicted octanol–water partition coefficient (Wildman–Crippen LogP) is 3.37. The van der Waals surface area contributed by atoms with Gasteiger partial charge in [0.25, 0.3) is 11.5 Å². The Morgan fingerprint density at radius 1 is 1.19 bits per heavy atom. The molecule has 27 heavy (non-hydrogen) atoms. The van der Waals surface area contributed by atoms with E-state index >= 15 is 0 Å². The van der Waals surface area contributed by atoms with Crippen LogP contribution in [-0.2, 0) is 6.54 Å². The van der Waals surface area contributed by atoms with E-state index < -0.39 is 0 Å². The number of unbranched alkanes of at least 4 members (excludes halogenated alkanes) is 1. The van der Waals surface area contributed by atoms with Gasteiger partial charge in [-0.25, -0.2) is 0 Å². The molecular formula is C21H23N3O3. The monoisotopic (exact) mass is 365 g/mol. The molecule has 6 heteroatoms. The lowest BCUT2D eigenvalue weighted by molar-refractivity contribution is 0.0740. The minimum atomic E-state index is -0.184. The first kappa shape index (κ1) is 18.6. The number of ether oxygens (including phenoxy) is 1. The van der Waals surface area contributed by atoms with Crippen LogP contribution in [0.4, 0.5) is 0 Å². The quantitative estimate of drug-likeness (QED) is 0.696. The summed E-state index contributed by atoms with van der Waals surface area (Å²) in [5, 5.41) is 0.871. The number of hydrogen-bond acceptors (Lipinski definition) is 4. The molecule has 2 aromatic heterocycles. The van der Waals surface area contributed by atoms with Crippen LogP contribution >= 0.6 is 0 Å². The molecule has 1 amide bonds. The number of aromatic nitrogens is 2. The number of amides is 1. The van der Waals surface area contributed by atoms with Crippen LogP contribution in [0.1, 0.15) is 35.7 Å². The number of H-pyrrole nitrogens is 1. The second-order valence-corrected chi connectivity index (χ2v) is 6.39. The largest absolute Gasteiger partial charge is 0.497 e. The lowest BCUT2D eigenvalue weighted by atomic mass is 10.1. The van der Waals surface area contributed by atoms with Gasteiger partial charge >= 0.3 is 0 Å². The van der Waals surface area contributed by atoms with Crippen LogP contribution in [0.15, 0.2) is 53.6 Å². The fourth-order valence-corrected chi connectivity index (χ4v) is 2.96. The van der Waals surface area contributed by atoms with Crippen molar-refractivity contribution in [3.8, 4) is 5.75 Å². The number of benzene rings is 1. The molecule has 0 saturated heterocycles. The van der Waals surface area contributed by atoms with Crippen molar-refractivity contribution in [3.63, 3.8) is 0 Å². The second kappa shape index (κ2) is 8.49. The SMILES string of the molecule is CCCCN(Cc1cc2cc(OC)ccc2[nH]c1=O)C(=O)c1ccncc1. The number of rotatable bonds is 7. The maximum absolute atomic E-state index is 12.9. The summed E-state index contributed by atoms with van der Waals surface area (Å²) in [4.78, 5) is 34.0. The Kier molecular flexibility index (Phi) is 5.86. The molecule has 0 bridgehead atoms. The van der Waals surface area contributed by atoms with E-state index in [-0.39, 0.29) is 18.0 Å². The van der Waals surface area contributed by atoms with Gasteiger partial charge in [-0.15, -0.1) is 0 Å². The topological polar surface area (TPSA) is 75.3 Å². The zero-order valence-electron chi connectivity index (χ0n) is 15.6. The van der Waals surface area contributed by atoms with Gasteiger partial charge in [-0.1, -0.05) is 13.3 Å². The van der Waals surface area contributed by atoms with Crippen molar-refractivity contribution in [3.05, 3.63) is 70.3 Å². The second-order valence-electron chi connectivity index (χ2n) is 6.39. The van der Waals surface area contributed by atoms with Gasteiger partial charge in [0.15, 0.2) is 0 Å². The lowest BCUT2D eigenvalue weighted by Crippen LogP contribution is -2.33. The molecule has 0 aliphatic rings. The number of aromatic amines is 1. The maximum atomic E-state index is 12.9. The number of carbonyl (C=O) groups is 1. The Balaban J connectivity index is 1.93. The van der Waals surface area contributed by atoms with Crippen molar-refractivity contribution >= 4 is 16.8 Å². The van der Waals surface area contributed by atoms with E-state index in [1.54, 1.807) is 42.6 Å². The Morgan fingerprint density at radius 3 is 2.67 bits per heavy atom. The van der Waals surface area contributed by atoms with Crippen LogP contribution in [0, 0.1) is 0 Å². The van der Waals surface area contributed by atoms with Gasteiger partial charge in [-0.2, -0.15) is 0 Å². The van der Waals surface area contributed by atoms with E-state index in [9.17, 15) is 9.59 Å². The average molecular weight is 365 g/mol. The van der Waals surface area contributed by atoms with Crippen LogP contribution in [-0.4, -0.2) is 34.4 Å². The number of nitrogens with zero attached hydrogens (tertiary/aromatic N) is 2. The summed E-state index contributed by atoms with van der Waals surface area (Å²) in [5.74, 6) is 0.618. The highest BCUT2D eigenvalue weighted by Gasteiger charge is 2.17. The Morgan fingerprint density at radius 2 is 1.96 bits per heavy atom. The van der Waals surface area contributed by atoms with Crippen LogP contribution in [0.2, 0.25) is 0 Å². The third-order valence-electron chi connectivity index (χ3n) is 4.49. The molecule has 0 aliphatic heterocycles. The molecule has 3 aromatic rings. The molecule has 0 atom stereocenters. The molecule has 140 valence electrons.